The Bertz CT molecular complexity index is 329. The summed E-state index contributed by atoms with van der Waals surface area (Å²) in [5.41, 5.74) is -2.34. The van der Waals surface area contributed by atoms with E-state index in [1.54, 1.807) is 0 Å². The highest BCUT2D eigenvalue weighted by molar-refractivity contribution is 5.66. The average Bonchev–Trinajstić information content (AvgIpc) is 2.00. The van der Waals surface area contributed by atoms with Crippen LogP contribution >= 0.6 is 0 Å². The minimum atomic E-state index is -4.85. The molecule has 0 bridgehead atoms. The van der Waals surface area contributed by atoms with Crippen molar-refractivity contribution in [3.05, 3.63) is 17.3 Å². The lowest BCUT2D eigenvalue weighted by Gasteiger charge is -2.09. The van der Waals surface area contributed by atoms with Gasteiger partial charge in [-0.2, -0.15) is 18.4 Å². The van der Waals surface area contributed by atoms with Gasteiger partial charge in [0, 0.05) is 20.3 Å². The van der Waals surface area contributed by atoms with E-state index in [9.17, 15) is 18.0 Å². The number of alkyl halides is 3. The van der Waals surface area contributed by atoms with Crippen LogP contribution in [-0.2, 0) is 4.79 Å². The molecule has 0 N–H and O–H groups in total. The minimum Gasteiger partial charge on any atom is -0.382 e. The summed E-state index contributed by atoms with van der Waals surface area (Å²) in [5.74, 6) is 0.723. The van der Waals surface area contributed by atoms with Gasteiger partial charge < -0.3 is 4.90 Å². The molecule has 0 atom stereocenters. The van der Waals surface area contributed by atoms with Crippen molar-refractivity contribution in [1.29, 1.82) is 5.26 Å². The van der Waals surface area contributed by atoms with Gasteiger partial charge in [0.1, 0.15) is 12.0 Å². The smallest absolute Gasteiger partial charge is 0.382 e. The van der Waals surface area contributed by atoms with Crippen molar-refractivity contribution in [2.24, 2.45) is 0 Å². The van der Waals surface area contributed by atoms with Gasteiger partial charge in [0.2, 0.25) is 0 Å². The van der Waals surface area contributed by atoms with Gasteiger partial charge >= 0.3 is 6.18 Å². The van der Waals surface area contributed by atoms with Crippen LogP contribution in [0.3, 0.4) is 0 Å². The van der Waals surface area contributed by atoms with E-state index in [2.05, 4.69) is 0 Å². The predicted molar refractivity (Wildman–Crippen MR) is 42.6 cm³/mol. The molecule has 0 saturated carbocycles. The Hall–Kier alpha value is -1.73. The summed E-state index contributed by atoms with van der Waals surface area (Å²) in [6.07, 6.45) is -3.94. The summed E-state index contributed by atoms with van der Waals surface area (Å²) in [7, 11) is 2.88. The van der Waals surface area contributed by atoms with E-state index in [0.29, 0.717) is 0 Å². The molecule has 0 fully saturated rings. The molecule has 0 radical (unpaired) electrons. The quantitative estimate of drug-likeness (QED) is 0.386. The van der Waals surface area contributed by atoms with Gasteiger partial charge in [-0.25, -0.2) is 4.79 Å². The van der Waals surface area contributed by atoms with Gasteiger partial charge in [0.15, 0.2) is 5.57 Å². The van der Waals surface area contributed by atoms with Crippen LogP contribution < -0.4 is 0 Å². The molecule has 0 heterocycles. The Balaban J connectivity index is 5.27. The van der Waals surface area contributed by atoms with Crippen LogP contribution in [0.15, 0.2) is 17.3 Å². The molecule has 3 nitrogen and oxygen atoms in total. The number of hydrogen-bond acceptors (Lipinski definition) is 3. The number of nitrogens with zero attached hydrogens (tertiary/aromatic N) is 2. The molecule has 0 aromatic rings. The molecular weight excluding hydrogens is 197 g/mol. The first-order chi connectivity index (χ1) is 6.32. The topological polar surface area (TPSA) is 44.1 Å². The fourth-order valence-electron chi connectivity index (χ4n) is 0.673. The van der Waals surface area contributed by atoms with Crippen LogP contribution in [0, 0.1) is 11.3 Å². The van der Waals surface area contributed by atoms with Gasteiger partial charge in [0.25, 0.3) is 0 Å². The normalized spacial score (nSPS) is 11.6. The fourth-order valence-corrected chi connectivity index (χ4v) is 0.673. The van der Waals surface area contributed by atoms with Crippen molar-refractivity contribution in [3.63, 3.8) is 0 Å². The number of carbonyl (C=O) groups excluding carboxylic acids is 1. The summed E-state index contributed by atoms with van der Waals surface area (Å²) in [6, 6.07) is 1.29. The standard InChI is InChI=1S/C8H7F3N2O/c1-13(2)4-6(3-12)7(5-14)8(9,10)11/h4H,1-2H3. The second kappa shape index (κ2) is 4.49. The van der Waals surface area contributed by atoms with E-state index in [1.165, 1.54) is 25.1 Å². The summed E-state index contributed by atoms with van der Waals surface area (Å²) < 4.78 is 36.3. The molecular formula is C8H7F3N2O. The fraction of sp³-hybridized carbons (Fsp3) is 0.375. The summed E-state index contributed by atoms with van der Waals surface area (Å²) in [5, 5.41) is 8.40. The van der Waals surface area contributed by atoms with Crippen LogP contribution in [0.25, 0.3) is 0 Å². The van der Waals surface area contributed by atoms with Crippen molar-refractivity contribution < 1.29 is 18.0 Å². The van der Waals surface area contributed by atoms with Gasteiger partial charge in [0.05, 0.1) is 5.57 Å². The first-order valence-electron chi connectivity index (χ1n) is 3.44. The summed E-state index contributed by atoms with van der Waals surface area (Å²) in [4.78, 5) is 11.3. The SMILES string of the molecule is CN(C)C=C(C#N)C(=C=O)C(F)(F)F. The highest BCUT2D eigenvalue weighted by atomic mass is 19.4. The van der Waals surface area contributed by atoms with E-state index in [1.807, 2.05) is 0 Å². The Morgan fingerprint density at radius 3 is 2.14 bits per heavy atom. The maximum absolute atomic E-state index is 12.1. The van der Waals surface area contributed by atoms with Gasteiger partial charge in [-0.1, -0.05) is 0 Å². The first-order valence-corrected chi connectivity index (χ1v) is 3.44. The van der Waals surface area contributed by atoms with E-state index < -0.39 is 17.3 Å². The molecule has 76 valence electrons. The zero-order valence-corrected chi connectivity index (χ0v) is 7.51. The molecule has 0 saturated heterocycles. The Labute approximate surface area is 78.7 Å². The summed E-state index contributed by atoms with van der Waals surface area (Å²) in [6.45, 7) is 0. The minimum absolute atomic E-state index is 0.723. The van der Waals surface area contributed by atoms with Crippen LogP contribution in [0.1, 0.15) is 0 Å². The summed E-state index contributed by atoms with van der Waals surface area (Å²) >= 11 is 0. The maximum Gasteiger partial charge on any atom is 0.428 e. The highest BCUT2D eigenvalue weighted by Gasteiger charge is 2.38. The molecule has 14 heavy (non-hydrogen) atoms. The number of nitriles is 1. The van der Waals surface area contributed by atoms with Crippen molar-refractivity contribution in [2.45, 2.75) is 6.18 Å². The lowest BCUT2D eigenvalue weighted by molar-refractivity contribution is -0.0877. The number of hydrogen-bond donors (Lipinski definition) is 0. The van der Waals surface area contributed by atoms with Crippen LogP contribution in [0.4, 0.5) is 13.2 Å². The van der Waals surface area contributed by atoms with Crippen LogP contribution in [0.2, 0.25) is 0 Å². The number of halogens is 3. The molecule has 0 aliphatic rings. The molecule has 0 spiro atoms. The van der Waals surface area contributed by atoms with Crippen molar-refractivity contribution in [2.75, 3.05) is 14.1 Å². The van der Waals surface area contributed by atoms with Crippen LogP contribution in [-0.4, -0.2) is 31.1 Å². The largest absolute Gasteiger partial charge is 0.428 e. The first kappa shape index (κ1) is 12.3. The van der Waals surface area contributed by atoms with E-state index >= 15 is 0 Å². The monoisotopic (exact) mass is 204 g/mol. The molecule has 0 aliphatic heterocycles. The van der Waals surface area contributed by atoms with Gasteiger partial charge in [-0.05, 0) is 0 Å². The second-order valence-electron chi connectivity index (χ2n) is 2.59. The average molecular weight is 204 g/mol. The maximum atomic E-state index is 12.1. The molecule has 0 unspecified atom stereocenters. The van der Waals surface area contributed by atoms with Crippen molar-refractivity contribution in [3.8, 4) is 6.07 Å². The third kappa shape index (κ3) is 3.33. The molecule has 0 aromatic heterocycles. The zero-order valence-electron chi connectivity index (χ0n) is 7.51. The predicted octanol–water partition coefficient (Wildman–Crippen LogP) is 1.28. The lowest BCUT2D eigenvalue weighted by Crippen LogP contribution is -2.16. The Morgan fingerprint density at radius 2 is 1.93 bits per heavy atom. The van der Waals surface area contributed by atoms with E-state index in [-0.39, 0.29) is 0 Å². The van der Waals surface area contributed by atoms with Crippen molar-refractivity contribution in [1.82, 2.24) is 4.90 Å². The molecule has 0 aliphatic carbocycles. The molecule has 6 heteroatoms. The van der Waals surface area contributed by atoms with Crippen molar-refractivity contribution >= 4 is 5.94 Å². The number of rotatable bonds is 2. The van der Waals surface area contributed by atoms with Crippen LogP contribution in [0.5, 0.6) is 0 Å². The Morgan fingerprint density at radius 1 is 1.43 bits per heavy atom. The lowest BCUT2D eigenvalue weighted by atomic mass is 10.1. The zero-order chi connectivity index (χ0) is 11.4. The Kier molecular flexibility index (Phi) is 3.94. The molecule has 0 aromatic carbocycles. The molecule has 0 rings (SSSR count). The third-order valence-electron chi connectivity index (χ3n) is 1.16. The highest BCUT2D eigenvalue weighted by Crippen LogP contribution is 2.28. The van der Waals surface area contributed by atoms with E-state index in [0.717, 1.165) is 12.1 Å². The van der Waals surface area contributed by atoms with Gasteiger partial charge in [-0.3, -0.25) is 0 Å². The second-order valence-corrected chi connectivity index (χ2v) is 2.59. The number of allylic oxidation sites excluding steroid dienone is 2. The van der Waals surface area contributed by atoms with E-state index in [4.69, 9.17) is 5.26 Å². The van der Waals surface area contributed by atoms with Gasteiger partial charge in [-0.15, -0.1) is 0 Å². The molecule has 0 amide bonds. The third-order valence-corrected chi connectivity index (χ3v) is 1.16.